The first-order chi connectivity index (χ1) is 19.3. The maximum absolute atomic E-state index is 13.7. The van der Waals surface area contributed by atoms with Crippen LogP contribution >= 0.6 is 11.6 Å². The number of anilines is 1. The number of sulfonamides is 1. The van der Waals surface area contributed by atoms with Crippen molar-refractivity contribution < 1.29 is 27.2 Å². The second-order valence-corrected chi connectivity index (χ2v) is 11.0. The minimum Gasteiger partial charge on any atom is -0.494 e. The fourth-order valence-electron chi connectivity index (χ4n) is 4.17. The first-order valence-electron chi connectivity index (χ1n) is 11.8. The second kappa shape index (κ2) is 11.1. The standard InChI is InChI=1S/C25H24ClN7O6S/c1-14(22(38-4)23-27-12-15(26)13-28-23)40(34,35)32-25-30-29-24(20-16-8-5-6-9-17(16)39-31-20)33(25)21-18(36-2)10-7-11-19(21)37-3/h5-14,22H,1-4H3,(H,30,32). The van der Waals surface area contributed by atoms with E-state index in [4.69, 9.17) is 30.3 Å². The van der Waals surface area contributed by atoms with Gasteiger partial charge in [0, 0.05) is 19.5 Å². The minimum absolute atomic E-state index is 0.146. The third-order valence-corrected chi connectivity index (χ3v) is 8.06. The molecule has 208 valence electrons. The van der Waals surface area contributed by atoms with E-state index in [-0.39, 0.29) is 17.6 Å². The highest BCUT2D eigenvalue weighted by Crippen LogP contribution is 2.39. The van der Waals surface area contributed by atoms with E-state index >= 15 is 0 Å². The largest absolute Gasteiger partial charge is 0.494 e. The van der Waals surface area contributed by atoms with Crippen molar-refractivity contribution in [2.24, 2.45) is 0 Å². The molecule has 0 radical (unpaired) electrons. The van der Waals surface area contributed by atoms with Crippen molar-refractivity contribution in [1.82, 2.24) is 29.9 Å². The molecule has 0 spiro atoms. The van der Waals surface area contributed by atoms with E-state index in [0.29, 0.717) is 38.9 Å². The third kappa shape index (κ3) is 4.92. The zero-order valence-electron chi connectivity index (χ0n) is 21.8. The second-order valence-electron chi connectivity index (χ2n) is 8.49. The van der Waals surface area contributed by atoms with Crippen LogP contribution in [0.2, 0.25) is 5.02 Å². The quantitative estimate of drug-likeness (QED) is 0.252. The van der Waals surface area contributed by atoms with E-state index in [1.165, 1.54) is 45.2 Å². The SMILES string of the molecule is COc1cccc(OC)c1-n1c(NS(=O)(=O)C(C)C(OC)c2ncc(Cl)cn2)nnc1-c1noc2ccccc12. The van der Waals surface area contributed by atoms with Gasteiger partial charge in [-0.3, -0.25) is 9.29 Å². The predicted molar refractivity (Wildman–Crippen MR) is 146 cm³/mol. The Bertz CT molecular complexity index is 1740. The highest BCUT2D eigenvalue weighted by Gasteiger charge is 2.35. The average Bonchev–Trinajstić information content (AvgIpc) is 3.57. The summed E-state index contributed by atoms with van der Waals surface area (Å²) in [6, 6.07) is 12.3. The Balaban J connectivity index is 1.65. The molecule has 5 rings (SSSR count). The molecule has 13 nitrogen and oxygen atoms in total. The van der Waals surface area contributed by atoms with Crippen LogP contribution in [0.4, 0.5) is 5.95 Å². The van der Waals surface area contributed by atoms with E-state index in [2.05, 4.69) is 30.0 Å². The molecule has 0 aliphatic carbocycles. The Kier molecular flexibility index (Phi) is 7.56. The molecule has 0 fully saturated rings. The van der Waals surface area contributed by atoms with Gasteiger partial charge in [-0.05, 0) is 31.2 Å². The first kappa shape index (κ1) is 27.3. The predicted octanol–water partition coefficient (Wildman–Crippen LogP) is 4.05. The summed E-state index contributed by atoms with van der Waals surface area (Å²) in [7, 11) is 0.141. The van der Waals surface area contributed by atoms with Crippen LogP contribution in [0.3, 0.4) is 0 Å². The van der Waals surface area contributed by atoms with Crippen LogP contribution in [0.1, 0.15) is 18.9 Å². The van der Waals surface area contributed by atoms with Crippen LogP contribution in [0.5, 0.6) is 11.5 Å². The monoisotopic (exact) mass is 585 g/mol. The van der Waals surface area contributed by atoms with Crippen LogP contribution in [-0.2, 0) is 14.8 Å². The van der Waals surface area contributed by atoms with Crippen molar-refractivity contribution in [2.45, 2.75) is 18.3 Å². The van der Waals surface area contributed by atoms with Crippen LogP contribution in [0.25, 0.3) is 28.2 Å². The number of ether oxygens (including phenoxy) is 3. The van der Waals surface area contributed by atoms with Crippen molar-refractivity contribution >= 4 is 38.5 Å². The molecule has 3 heterocycles. The molecule has 0 saturated heterocycles. The number of aromatic nitrogens is 6. The molecular weight excluding hydrogens is 562 g/mol. The Hall–Kier alpha value is -4.27. The summed E-state index contributed by atoms with van der Waals surface area (Å²) in [6.45, 7) is 1.46. The number of hydrogen-bond donors (Lipinski definition) is 1. The molecule has 2 aromatic carbocycles. The maximum Gasteiger partial charge on any atom is 0.243 e. The maximum atomic E-state index is 13.7. The molecule has 3 aromatic heterocycles. The van der Waals surface area contributed by atoms with Crippen molar-refractivity contribution in [3.8, 4) is 28.7 Å². The van der Waals surface area contributed by atoms with Crippen LogP contribution < -0.4 is 14.2 Å². The number of halogens is 1. The van der Waals surface area contributed by atoms with Gasteiger partial charge in [0.25, 0.3) is 0 Å². The first-order valence-corrected chi connectivity index (χ1v) is 13.7. The fraction of sp³-hybridized carbons (Fsp3) is 0.240. The number of para-hydroxylation sites is 2. The topological polar surface area (TPSA) is 156 Å². The van der Waals surface area contributed by atoms with Gasteiger partial charge in [0.05, 0.1) is 24.6 Å². The Labute approximate surface area is 234 Å². The van der Waals surface area contributed by atoms with Crippen molar-refractivity contribution in [3.63, 3.8) is 0 Å². The summed E-state index contributed by atoms with van der Waals surface area (Å²) in [5, 5.41) is 12.5. The third-order valence-electron chi connectivity index (χ3n) is 6.18. The summed E-state index contributed by atoms with van der Waals surface area (Å²) in [4.78, 5) is 8.25. The van der Waals surface area contributed by atoms with Gasteiger partial charge < -0.3 is 18.7 Å². The molecule has 5 aromatic rings. The van der Waals surface area contributed by atoms with Gasteiger partial charge in [0.1, 0.15) is 28.5 Å². The van der Waals surface area contributed by atoms with Crippen LogP contribution in [-0.4, -0.2) is 64.9 Å². The molecule has 0 aliphatic heterocycles. The highest BCUT2D eigenvalue weighted by atomic mass is 35.5. The molecule has 0 saturated carbocycles. The van der Waals surface area contributed by atoms with E-state index in [9.17, 15) is 8.42 Å². The number of benzene rings is 2. The molecule has 40 heavy (non-hydrogen) atoms. The Morgan fingerprint density at radius 2 is 1.65 bits per heavy atom. The fourth-order valence-corrected chi connectivity index (χ4v) is 5.40. The number of fused-ring (bicyclic) bond motifs is 1. The number of hydrogen-bond acceptors (Lipinski definition) is 11. The highest BCUT2D eigenvalue weighted by molar-refractivity contribution is 7.93. The molecule has 2 unspecified atom stereocenters. The van der Waals surface area contributed by atoms with Crippen molar-refractivity contribution in [2.75, 3.05) is 26.1 Å². The lowest BCUT2D eigenvalue weighted by molar-refractivity contribution is 0.0950. The lowest BCUT2D eigenvalue weighted by Gasteiger charge is -2.22. The number of rotatable bonds is 10. The number of methoxy groups -OCH3 is 3. The van der Waals surface area contributed by atoms with Gasteiger partial charge in [0.15, 0.2) is 22.9 Å². The normalized spacial score (nSPS) is 13.2. The van der Waals surface area contributed by atoms with Gasteiger partial charge in [-0.15, -0.1) is 10.2 Å². The molecule has 0 amide bonds. The zero-order chi connectivity index (χ0) is 28.4. The van der Waals surface area contributed by atoms with E-state index in [1.807, 2.05) is 12.1 Å². The van der Waals surface area contributed by atoms with Crippen LogP contribution in [0, 0.1) is 0 Å². The van der Waals surface area contributed by atoms with Crippen molar-refractivity contribution in [3.05, 3.63) is 65.7 Å². The Morgan fingerprint density at radius 3 is 2.30 bits per heavy atom. The summed E-state index contributed by atoms with van der Waals surface area (Å²) in [6.07, 6.45) is 1.70. The minimum atomic E-state index is -4.19. The van der Waals surface area contributed by atoms with Gasteiger partial charge in [-0.1, -0.05) is 35.0 Å². The number of nitrogens with zero attached hydrogens (tertiary/aromatic N) is 6. The van der Waals surface area contributed by atoms with Gasteiger partial charge in [-0.25, -0.2) is 18.4 Å². The van der Waals surface area contributed by atoms with Gasteiger partial charge in [-0.2, -0.15) is 0 Å². The molecular formula is C25H24ClN7O6S. The van der Waals surface area contributed by atoms with Crippen molar-refractivity contribution in [1.29, 1.82) is 0 Å². The van der Waals surface area contributed by atoms with E-state index in [0.717, 1.165) is 0 Å². The van der Waals surface area contributed by atoms with E-state index in [1.54, 1.807) is 30.3 Å². The Morgan fingerprint density at radius 1 is 0.975 bits per heavy atom. The average molecular weight is 586 g/mol. The molecule has 2 atom stereocenters. The molecule has 0 aliphatic rings. The van der Waals surface area contributed by atoms with E-state index < -0.39 is 21.4 Å². The summed E-state index contributed by atoms with van der Waals surface area (Å²) < 4.78 is 53.5. The smallest absolute Gasteiger partial charge is 0.243 e. The number of nitrogens with one attached hydrogen (secondary N) is 1. The molecule has 1 N–H and O–H groups in total. The lowest BCUT2D eigenvalue weighted by atomic mass is 10.2. The molecule has 0 bridgehead atoms. The zero-order valence-corrected chi connectivity index (χ0v) is 23.3. The summed E-state index contributed by atoms with van der Waals surface area (Å²) in [5.74, 6) is 0.912. The molecule has 15 heteroatoms. The van der Waals surface area contributed by atoms with Crippen LogP contribution in [0.15, 0.2) is 59.4 Å². The lowest BCUT2D eigenvalue weighted by Crippen LogP contribution is -2.33. The summed E-state index contributed by atoms with van der Waals surface area (Å²) in [5.41, 5.74) is 1.19. The summed E-state index contributed by atoms with van der Waals surface area (Å²) >= 11 is 5.90. The van der Waals surface area contributed by atoms with Gasteiger partial charge >= 0.3 is 0 Å². The van der Waals surface area contributed by atoms with Gasteiger partial charge in [0.2, 0.25) is 16.0 Å².